The molecule has 2 rings (SSSR count). The Balaban J connectivity index is 1.87. The van der Waals surface area contributed by atoms with Gasteiger partial charge in [-0.05, 0) is 41.6 Å². The average Bonchev–Trinajstić information content (AvgIpc) is 3.05. The Labute approximate surface area is 172 Å². The molecule has 1 aromatic heterocycles. The van der Waals surface area contributed by atoms with Crippen molar-refractivity contribution in [3.05, 3.63) is 51.7 Å². The second-order valence-electron chi connectivity index (χ2n) is 6.85. The minimum absolute atomic E-state index is 0.0217. The normalized spacial score (nSPS) is 12.9. The third kappa shape index (κ3) is 5.88. The SMILES string of the molecule is CCN(CC)S(=O)(=O)c1ccc(CNC(=O)C[NH+](C)Cc2sccc2C)cc1. The number of quaternary nitrogens is 1. The van der Waals surface area contributed by atoms with Gasteiger partial charge < -0.3 is 10.2 Å². The fourth-order valence-corrected chi connectivity index (χ4v) is 5.43. The fraction of sp³-hybridized carbons (Fsp3) is 0.450. The van der Waals surface area contributed by atoms with Crippen molar-refractivity contribution in [1.29, 1.82) is 0 Å². The number of hydrogen-bond acceptors (Lipinski definition) is 4. The Morgan fingerprint density at radius 1 is 1.14 bits per heavy atom. The lowest BCUT2D eigenvalue weighted by Crippen LogP contribution is -3.08. The average molecular weight is 425 g/mol. The molecule has 0 aliphatic heterocycles. The quantitative estimate of drug-likeness (QED) is 0.606. The number of likely N-dealkylation sites (N-methyl/N-ethyl adjacent to an activating group) is 1. The van der Waals surface area contributed by atoms with Crippen molar-refractivity contribution in [2.45, 2.75) is 38.8 Å². The first-order valence-electron chi connectivity index (χ1n) is 9.48. The van der Waals surface area contributed by atoms with Crippen molar-refractivity contribution in [1.82, 2.24) is 9.62 Å². The van der Waals surface area contributed by atoms with Crippen LogP contribution in [0.5, 0.6) is 0 Å². The Bertz CT molecular complexity index is 872. The van der Waals surface area contributed by atoms with Gasteiger partial charge in [0.15, 0.2) is 6.54 Å². The minimum atomic E-state index is -3.45. The van der Waals surface area contributed by atoms with Crippen LogP contribution in [0.4, 0.5) is 0 Å². The number of hydrogen-bond donors (Lipinski definition) is 2. The number of nitrogens with zero attached hydrogens (tertiary/aromatic N) is 1. The van der Waals surface area contributed by atoms with Gasteiger partial charge in [0.25, 0.3) is 5.91 Å². The van der Waals surface area contributed by atoms with Gasteiger partial charge in [-0.2, -0.15) is 4.31 Å². The van der Waals surface area contributed by atoms with E-state index in [-0.39, 0.29) is 10.8 Å². The smallest absolute Gasteiger partial charge is 0.275 e. The Morgan fingerprint density at radius 3 is 2.32 bits per heavy atom. The van der Waals surface area contributed by atoms with E-state index in [1.807, 2.05) is 20.9 Å². The van der Waals surface area contributed by atoms with Crippen molar-refractivity contribution in [2.24, 2.45) is 0 Å². The number of nitrogens with one attached hydrogen (secondary N) is 2. The second kappa shape index (κ2) is 10.2. The second-order valence-corrected chi connectivity index (χ2v) is 9.79. The number of amides is 1. The molecular weight excluding hydrogens is 394 g/mol. The molecule has 0 fully saturated rings. The molecule has 1 heterocycles. The number of carbonyl (C=O) groups excluding carboxylic acids is 1. The van der Waals surface area contributed by atoms with Crippen LogP contribution in [-0.2, 0) is 27.9 Å². The lowest BCUT2D eigenvalue weighted by atomic mass is 10.2. The summed E-state index contributed by atoms with van der Waals surface area (Å²) in [4.78, 5) is 14.9. The van der Waals surface area contributed by atoms with Crippen molar-refractivity contribution >= 4 is 27.3 Å². The molecule has 2 N–H and O–H groups in total. The number of thiophene rings is 1. The molecule has 0 spiro atoms. The molecule has 0 aliphatic carbocycles. The fourth-order valence-electron chi connectivity index (χ4n) is 2.95. The zero-order valence-electron chi connectivity index (χ0n) is 17.0. The van der Waals surface area contributed by atoms with Gasteiger partial charge in [0, 0.05) is 19.6 Å². The predicted octanol–water partition coefficient (Wildman–Crippen LogP) is 1.42. The van der Waals surface area contributed by atoms with Gasteiger partial charge in [-0.3, -0.25) is 4.79 Å². The Hall–Kier alpha value is -1.74. The first kappa shape index (κ1) is 22.5. The molecule has 1 amide bonds. The Kier molecular flexibility index (Phi) is 8.18. The van der Waals surface area contributed by atoms with E-state index in [1.165, 1.54) is 14.7 Å². The van der Waals surface area contributed by atoms with E-state index >= 15 is 0 Å². The molecule has 6 nitrogen and oxygen atoms in total. The third-order valence-corrected chi connectivity index (χ3v) is 7.74. The van der Waals surface area contributed by atoms with Crippen LogP contribution in [0.25, 0.3) is 0 Å². The van der Waals surface area contributed by atoms with Gasteiger partial charge in [0.1, 0.15) is 6.54 Å². The van der Waals surface area contributed by atoms with E-state index in [1.54, 1.807) is 35.6 Å². The van der Waals surface area contributed by atoms with Crippen molar-refractivity contribution < 1.29 is 18.1 Å². The molecule has 0 saturated carbocycles. The minimum Gasteiger partial charge on any atom is -0.347 e. The summed E-state index contributed by atoms with van der Waals surface area (Å²) in [6.07, 6.45) is 0. The van der Waals surface area contributed by atoms with Crippen molar-refractivity contribution in [3.8, 4) is 0 Å². The molecule has 0 radical (unpaired) electrons. The molecule has 0 saturated heterocycles. The topological polar surface area (TPSA) is 70.9 Å². The van der Waals surface area contributed by atoms with Gasteiger partial charge in [-0.15, -0.1) is 11.3 Å². The summed E-state index contributed by atoms with van der Waals surface area (Å²) in [6.45, 7) is 8.22. The predicted molar refractivity (Wildman–Crippen MR) is 113 cm³/mol. The van der Waals surface area contributed by atoms with Crippen molar-refractivity contribution in [2.75, 3.05) is 26.7 Å². The van der Waals surface area contributed by atoms with E-state index in [9.17, 15) is 13.2 Å². The largest absolute Gasteiger partial charge is 0.347 e. The first-order chi connectivity index (χ1) is 13.3. The summed E-state index contributed by atoms with van der Waals surface area (Å²) in [5, 5.41) is 4.98. The highest BCUT2D eigenvalue weighted by Crippen LogP contribution is 2.16. The van der Waals surface area contributed by atoms with Crippen LogP contribution < -0.4 is 10.2 Å². The van der Waals surface area contributed by atoms with Crippen LogP contribution in [0.2, 0.25) is 0 Å². The monoisotopic (exact) mass is 424 g/mol. The van der Waals surface area contributed by atoms with Gasteiger partial charge >= 0.3 is 0 Å². The van der Waals surface area contributed by atoms with Gasteiger partial charge in [-0.1, -0.05) is 26.0 Å². The number of benzene rings is 1. The van der Waals surface area contributed by atoms with Crippen LogP contribution in [0, 0.1) is 6.92 Å². The highest BCUT2D eigenvalue weighted by atomic mass is 32.2. The summed E-state index contributed by atoms with van der Waals surface area (Å²) >= 11 is 1.72. The van der Waals surface area contributed by atoms with Crippen LogP contribution in [0.1, 0.15) is 29.9 Å². The highest BCUT2D eigenvalue weighted by Gasteiger charge is 2.21. The number of carbonyl (C=O) groups is 1. The standard InChI is InChI=1S/C20H29N3O3S2/c1-5-23(6-2)28(25,26)18-9-7-17(8-10-18)13-21-20(24)15-22(4)14-19-16(3)11-12-27-19/h7-12H,5-6,13-15H2,1-4H3,(H,21,24)/p+1. The first-order valence-corrected chi connectivity index (χ1v) is 11.8. The number of rotatable bonds is 10. The van der Waals surface area contributed by atoms with Gasteiger partial charge in [0.05, 0.1) is 16.8 Å². The molecule has 28 heavy (non-hydrogen) atoms. The maximum atomic E-state index is 12.5. The summed E-state index contributed by atoms with van der Waals surface area (Å²) in [6, 6.07) is 8.81. The van der Waals surface area contributed by atoms with Crippen LogP contribution in [-0.4, -0.2) is 45.3 Å². The van der Waals surface area contributed by atoms with E-state index in [0.717, 1.165) is 17.0 Å². The lowest BCUT2D eigenvalue weighted by Gasteiger charge is -2.18. The lowest BCUT2D eigenvalue weighted by molar-refractivity contribution is -0.885. The van der Waals surface area contributed by atoms with E-state index in [2.05, 4.69) is 23.7 Å². The van der Waals surface area contributed by atoms with Crippen molar-refractivity contribution in [3.63, 3.8) is 0 Å². The van der Waals surface area contributed by atoms with Crippen LogP contribution in [0.15, 0.2) is 40.6 Å². The van der Waals surface area contributed by atoms with E-state index in [0.29, 0.717) is 26.2 Å². The van der Waals surface area contributed by atoms with Crippen LogP contribution in [0.3, 0.4) is 0 Å². The summed E-state index contributed by atoms with van der Waals surface area (Å²) in [5.74, 6) is -0.0217. The molecule has 1 aromatic carbocycles. The zero-order chi connectivity index (χ0) is 20.7. The zero-order valence-corrected chi connectivity index (χ0v) is 18.6. The maximum Gasteiger partial charge on any atom is 0.275 e. The molecule has 1 atom stereocenters. The van der Waals surface area contributed by atoms with Crippen LogP contribution >= 0.6 is 11.3 Å². The van der Waals surface area contributed by atoms with Gasteiger partial charge in [0.2, 0.25) is 10.0 Å². The van der Waals surface area contributed by atoms with Gasteiger partial charge in [-0.25, -0.2) is 8.42 Å². The number of sulfonamides is 1. The summed E-state index contributed by atoms with van der Waals surface area (Å²) < 4.78 is 26.4. The van der Waals surface area contributed by atoms with E-state index < -0.39 is 10.0 Å². The summed E-state index contributed by atoms with van der Waals surface area (Å²) in [5.41, 5.74) is 2.14. The van der Waals surface area contributed by atoms with E-state index in [4.69, 9.17) is 0 Å². The maximum absolute atomic E-state index is 12.5. The molecule has 0 aliphatic rings. The highest BCUT2D eigenvalue weighted by molar-refractivity contribution is 7.89. The molecule has 0 bridgehead atoms. The molecule has 2 aromatic rings. The third-order valence-electron chi connectivity index (χ3n) is 4.65. The number of aryl methyl sites for hydroxylation is 1. The summed E-state index contributed by atoms with van der Waals surface area (Å²) in [7, 11) is -1.44. The molecule has 1 unspecified atom stereocenters. The molecular formula is C20H30N3O3S2+. The Morgan fingerprint density at radius 2 is 1.79 bits per heavy atom. The molecule has 8 heteroatoms. The molecule has 154 valence electrons.